The molecule has 0 heterocycles. The van der Waals surface area contributed by atoms with E-state index in [0.29, 0.717) is 0 Å². The third-order valence-electron chi connectivity index (χ3n) is 0. The van der Waals surface area contributed by atoms with Crippen molar-refractivity contribution >= 4 is 50.2 Å². The van der Waals surface area contributed by atoms with Crippen LogP contribution in [0.4, 0.5) is 0 Å². The van der Waals surface area contributed by atoms with Crippen LogP contribution in [0.1, 0.15) is 0 Å². The standard InChI is InChI=1S/BrHO.2BrH/c1-2;;/h2H;2*1H. The molecule has 0 aliphatic heterocycles. The topological polar surface area (TPSA) is 20.2 Å². The fourth-order valence-electron chi connectivity index (χ4n) is 0. The summed E-state index contributed by atoms with van der Waals surface area (Å²) in [6, 6.07) is 0. The van der Waals surface area contributed by atoms with Crippen molar-refractivity contribution in [1.29, 1.82) is 0 Å². The van der Waals surface area contributed by atoms with Gasteiger partial charge in [-0.2, -0.15) is 0 Å². The predicted molar refractivity (Wildman–Crippen MR) is 31.8 cm³/mol. The summed E-state index contributed by atoms with van der Waals surface area (Å²) in [6.45, 7) is 0. The van der Waals surface area contributed by atoms with E-state index in [1.165, 1.54) is 0 Å². The quantitative estimate of drug-likeness (QED) is 0.697. The van der Waals surface area contributed by atoms with Crippen molar-refractivity contribution < 1.29 is 4.20 Å². The predicted octanol–water partition coefficient (Wildman–Crippen LogP) is 1.44. The second-order valence-electron chi connectivity index (χ2n) is 0. The van der Waals surface area contributed by atoms with Crippen LogP contribution < -0.4 is 0 Å². The molecule has 0 saturated heterocycles. The Morgan fingerprint density at radius 1 is 1.00 bits per heavy atom. The molecule has 0 aromatic carbocycles. The van der Waals surface area contributed by atoms with Crippen LogP contribution in [0.25, 0.3) is 0 Å². The third-order valence-corrected chi connectivity index (χ3v) is 0. The van der Waals surface area contributed by atoms with Gasteiger partial charge in [-0.05, 0) is 0 Å². The van der Waals surface area contributed by atoms with Crippen molar-refractivity contribution in [2.45, 2.75) is 0 Å². The van der Waals surface area contributed by atoms with E-state index >= 15 is 0 Å². The minimum atomic E-state index is 0. The highest BCUT2D eigenvalue weighted by molar-refractivity contribution is 9.05. The first-order chi connectivity index (χ1) is 1.00. The number of rotatable bonds is 0. The molecule has 0 unspecified atom stereocenters. The van der Waals surface area contributed by atoms with Crippen LogP contribution >= 0.6 is 50.2 Å². The molecule has 0 spiro atoms. The lowest BCUT2D eigenvalue weighted by Gasteiger charge is -1.14. The third kappa shape index (κ3) is 9.99. The van der Waals surface area contributed by atoms with Gasteiger partial charge in [-0.3, -0.25) is 0 Å². The molecule has 0 radical (unpaired) electrons. The first-order valence-corrected chi connectivity index (χ1v) is 0.878. The largest absolute Gasteiger partial charge is 0.324 e. The Morgan fingerprint density at radius 3 is 1.00 bits per heavy atom. The second kappa shape index (κ2) is 26.0. The molecule has 0 saturated carbocycles. The zero-order chi connectivity index (χ0) is 2.00. The lowest BCUT2D eigenvalue weighted by molar-refractivity contribution is 0.702. The molecular weight excluding hydrogens is 256 g/mol. The van der Waals surface area contributed by atoms with Crippen molar-refractivity contribution in [3.05, 3.63) is 0 Å². The van der Waals surface area contributed by atoms with Crippen LogP contribution in [-0.2, 0) is 0 Å². The van der Waals surface area contributed by atoms with Gasteiger partial charge >= 0.3 is 0 Å². The summed E-state index contributed by atoms with van der Waals surface area (Å²) >= 11 is 1.94. The molecule has 4 heteroatoms. The molecule has 0 rings (SSSR count). The highest BCUT2D eigenvalue weighted by atomic mass is 79.9. The van der Waals surface area contributed by atoms with Crippen molar-refractivity contribution in [3.8, 4) is 0 Å². The van der Waals surface area contributed by atoms with Crippen molar-refractivity contribution in [3.63, 3.8) is 0 Å². The van der Waals surface area contributed by atoms with Gasteiger partial charge in [0.25, 0.3) is 0 Å². The first-order valence-electron chi connectivity index (χ1n) is 0.169. The van der Waals surface area contributed by atoms with E-state index in [2.05, 4.69) is 0 Å². The summed E-state index contributed by atoms with van der Waals surface area (Å²) in [5.41, 5.74) is 0. The maximum Gasteiger partial charge on any atom is 0.0957 e. The lowest BCUT2D eigenvalue weighted by atomic mass is 16.0. The minimum absolute atomic E-state index is 0. The highest BCUT2D eigenvalue weighted by Crippen LogP contribution is 1.43. The Balaban J connectivity index is -0.00000000500. The normalized spacial score (nSPS) is 1.50. The average molecular weight is 259 g/mol. The van der Waals surface area contributed by atoms with Crippen molar-refractivity contribution in [2.75, 3.05) is 0 Å². The van der Waals surface area contributed by atoms with E-state index in [1.807, 2.05) is 16.3 Å². The molecule has 0 aromatic heterocycles. The maximum atomic E-state index is 6.81. The monoisotopic (exact) mass is 256 g/mol. The zero-order valence-electron chi connectivity index (χ0n) is 1.64. The summed E-state index contributed by atoms with van der Waals surface area (Å²) < 4.78 is 6.81. The summed E-state index contributed by atoms with van der Waals surface area (Å²) in [5.74, 6) is 0. The number of hydrogen-bond donors (Lipinski definition) is 1. The first kappa shape index (κ1) is 18.2. The second-order valence-corrected chi connectivity index (χ2v) is 0. The molecular formula is H3Br3O. The average Bonchev–Trinajstić information content (AvgIpc) is 1.00. The van der Waals surface area contributed by atoms with Gasteiger partial charge in [0.15, 0.2) is 0 Å². The van der Waals surface area contributed by atoms with Gasteiger partial charge < -0.3 is 4.20 Å². The maximum absolute atomic E-state index is 6.81. The zero-order valence-corrected chi connectivity index (χ0v) is 6.65. The Labute approximate surface area is 54.4 Å². The molecule has 4 heavy (non-hydrogen) atoms. The summed E-state index contributed by atoms with van der Waals surface area (Å²) in [5, 5.41) is 0. The van der Waals surface area contributed by atoms with Crippen LogP contribution in [0, 0.1) is 0 Å². The van der Waals surface area contributed by atoms with Crippen LogP contribution in [0.5, 0.6) is 0 Å². The van der Waals surface area contributed by atoms with E-state index in [4.69, 9.17) is 4.20 Å². The fourth-order valence-corrected chi connectivity index (χ4v) is 0. The summed E-state index contributed by atoms with van der Waals surface area (Å²) in [7, 11) is 0. The van der Waals surface area contributed by atoms with E-state index in [9.17, 15) is 0 Å². The Kier molecular flexibility index (Phi) is 118. The molecule has 0 amide bonds. The van der Waals surface area contributed by atoms with Crippen LogP contribution in [-0.4, -0.2) is 4.20 Å². The molecule has 0 fully saturated rings. The molecule has 1 N–H and O–H groups in total. The molecule has 0 atom stereocenters. The van der Waals surface area contributed by atoms with Crippen LogP contribution in [0.15, 0.2) is 0 Å². The molecule has 0 bridgehead atoms. The van der Waals surface area contributed by atoms with E-state index < -0.39 is 0 Å². The lowest BCUT2D eigenvalue weighted by Crippen LogP contribution is -0.872. The molecule has 30 valence electrons. The van der Waals surface area contributed by atoms with Gasteiger partial charge in [0.05, 0.1) is 16.3 Å². The summed E-state index contributed by atoms with van der Waals surface area (Å²) in [4.78, 5) is 0. The molecule has 1 nitrogen and oxygen atoms in total. The Bertz CT molecular complexity index is 3.25. The van der Waals surface area contributed by atoms with Crippen molar-refractivity contribution in [2.24, 2.45) is 0 Å². The summed E-state index contributed by atoms with van der Waals surface area (Å²) in [6.07, 6.45) is 0. The van der Waals surface area contributed by atoms with Gasteiger partial charge in [-0.15, -0.1) is 34.0 Å². The molecule has 0 aliphatic rings. The van der Waals surface area contributed by atoms with Crippen molar-refractivity contribution in [1.82, 2.24) is 0 Å². The van der Waals surface area contributed by atoms with Crippen LogP contribution in [0.3, 0.4) is 0 Å². The number of halogens is 3. The van der Waals surface area contributed by atoms with Gasteiger partial charge in [-0.25, -0.2) is 0 Å². The SMILES string of the molecule is Br.Br.OBr. The fraction of sp³-hybridized carbons (Fsp3) is 0. The highest BCUT2D eigenvalue weighted by Gasteiger charge is 0.908. The number of hydrogen-bond acceptors (Lipinski definition) is 1. The Morgan fingerprint density at radius 2 is 1.00 bits per heavy atom. The van der Waals surface area contributed by atoms with Gasteiger partial charge in [0.2, 0.25) is 0 Å². The Hall–Kier alpha value is 1.40. The minimum Gasteiger partial charge on any atom is -0.324 e. The molecule has 0 aromatic rings. The smallest absolute Gasteiger partial charge is 0.0957 e. The molecule has 0 aliphatic carbocycles. The van der Waals surface area contributed by atoms with Gasteiger partial charge in [0, 0.05) is 0 Å². The van der Waals surface area contributed by atoms with Gasteiger partial charge in [-0.1, -0.05) is 0 Å². The van der Waals surface area contributed by atoms with Crippen LogP contribution in [0.2, 0.25) is 0 Å². The van der Waals surface area contributed by atoms with E-state index in [-0.39, 0.29) is 34.0 Å². The van der Waals surface area contributed by atoms with Gasteiger partial charge in [0.1, 0.15) is 0 Å². The van der Waals surface area contributed by atoms with E-state index in [1.54, 1.807) is 0 Å². The van der Waals surface area contributed by atoms with E-state index in [0.717, 1.165) is 0 Å².